The van der Waals surface area contributed by atoms with Gasteiger partial charge in [-0.05, 0) is 4.93 Å². The molecule has 2 aromatic rings. The van der Waals surface area contributed by atoms with Crippen molar-refractivity contribution in [3.8, 4) is 0 Å². The summed E-state index contributed by atoms with van der Waals surface area (Å²) in [7, 11) is 2.99. The Kier molecular flexibility index (Phi) is 13.2. The van der Waals surface area contributed by atoms with Crippen molar-refractivity contribution in [1.29, 1.82) is 0 Å². The summed E-state index contributed by atoms with van der Waals surface area (Å²) in [4.78, 5) is 22.0. The van der Waals surface area contributed by atoms with Crippen LogP contribution >= 0.6 is 45.8 Å². The zero-order valence-electron chi connectivity index (χ0n) is 13.7. The first-order chi connectivity index (χ1) is 12.0. The molecule has 0 aliphatic carbocycles. The summed E-state index contributed by atoms with van der Waals surface area (Å²) in [6, 6.07) is 0. The number of halogens is 5. The lowest BCUT2D eigenvalue weighted by Crippen LogP contribution is -1.99. The van der Waals surface area contributed by atoms with Crippen LogP contribution in [0.4, 0.5) is 8.78 Å². The maximum absolute atomic E-state index is 12.1. The number of carbonyl (C=O) groups is 2. The number of aryl methyl sites for hydroxylation is 2. The third kappa shape index (κ3) is 8.39. The molecule has 2 N–H and O–H groups in total. The lowest BCUT2D eigenvalue weighted by molar-refractivity contribution is 0.0678. The second kappa shape index (κ2) is 12.8. The maximum Gasteiger partial charge on any atom is 0.339 e. The number of rotatable bonds is 4. The number of carboxylic acid groups (broad SMARTS) is 2. The van der Waals surface area contributed by atoms with Crippen LogP contribution < -0.4 is 0 Å². The molecule has 0 aliphatic heterocycles. The van der Waals surface area contributed by atoms with Crippen molar-refractivity contribution in [3.05, 3.63) is 34.9 Å². The van der Waals surface area contributed by atoms with Gasteiger partial charge in [-0.3, -0.25) is 9.36 Å². The van der Waals surface area contributed by atoms with Gasteiger partial charge in [-0.2, -0.15) is 10.2 Å². The van der Waals surface area contributed by atoms with Gasteiger partial charge in [0.25, 0.3) is 6.43 Å². The third-order valence-electron chi connectivity index (χ3n) is 2.59. The average molecular weight is 543 g/mol. The Morgan fingerprint density at radius 3 is 1.56 bits per heavy atom. The van der Waals surface area contributed by atoms with E-state index in [1.165, 1.54) is 17.9 Å². The molecular formula is C14H19Cl2F2IN4O4. The predicted octanol–water partition coefficient (Wildman–Crippen LogP) is 4.34. The van der Waals surface area contributed by atoms with Crippen molar-refractivity contribution in [3.63, 3.8) is 0 Å². The molecule has 8 nitrogen and oxygen atoms in total. The van der Waals surface area contributed by atoms with Crippen molar-refractivity contribution >= 4 is 57.7 Å². The van der Waals surface area contributed by atoms with E-state index in [1.807, 2.05) is 4.93 Å². The number of carboxylic acids is 2. The highest BCUT2D eigenvalue weighted by Crippen LogP contribution is 2.26. The van der Waals surface area contributed by atoms with Crippen molar-refractivity contribution in [2.45, 2.75) is 18.7 Å². The van der Waals surface area contributed by atoms with Crippen LogP contribution in [0.2, 0.25) is 0 Å². The van der Waals surface area contributed by atoms with Gasteiger partial charge < -0.3 is 10.2 Å². The minimum absolute atomic E-state index is 0. The van der Waals surface area contributed by atoms with E-state index in [0.29, 0.717) is 0 Å². The molecule has 0 bridgehead atoms. The van der Waals surface area contributed by atoms with Gasteiger partial charge in [0.2, 0.25) is 0 Å². The van der Waals surface area contributed by atoms with E-state index in [-0.39, 0.29) is 18.7 Å². The quantitative estimate of drug-likeness (QED) is 0.439. The second-order valence-electron chi connectivity index (χ2n) is 4.42. The van der Waals surface area contributed by atoms with Gasteiger partial charge in [0.05, 0.1) is 0 Å². The van der Waals surface area contributed by atoms with Crippen molar-refractivity contribution in [2.24, 2.45) is 14.1 Å². The number of hydrogen-bond acceptors (Lipinski definition) is 4. The van der Waals surface area contributed by atoms with Crippen LogP contribution in [-0.4, -0.2) is 46.6 Å². The van der Waals surface area contributed by atoms with Crippen molar-refractivity contribution in [2.75, 3.05) is 4.93 Å². The minimum Gasteiger partial charge on any atom is -0.478 e. The molecular weight excluding hydrogens is 524 g/mol. The van der Waals surface area contributed by atoms with Crippen molar-refractivity contribution < 1.29 is 28.6 Å². The molecule has 2 heterocycles. The number of hydrogen-bond donors (Lipinski definition) is 2. The standard InChI is InChI=1S/C6H6Cl2N2O2.C6H6F2N2O2.CH3I.CH4/c2*1-10-2-3(6(11)12)4(9-10)5(7)8;1-2;/h2*2,5H,1H3,(H,11,12);1H3;1H4. The molecule has 27 heavy (non-hydrogen) atoms. The van der Waals surface area contributed by atoms with Crippen LogP contribution in [0.25, 0.3) is 0 Å². The summed E-state index contributed by atoms with van der Waals surface area (Å²) in [5, 5.41) is 24.2. The Morgan fingerprint density at radius 1 is 1.00 bits per heavy atom. The number of aromatic carboxylic acids is 2. The fraction of sp³-hybridized carbons (Fsp3) is 0.429. The fourth-order valence-corrected chi connectivity index (χ4v) is 1.99. The van der Waals surface area contributed by atoms with Gasteiger partial charge in [-0.1, -0.05) is 53.2 Å². The van der Waals surface area contributed by atoms with Crippen LogP contribution in [0.1, 0.15) is 50.8 Å². The molecule has 0 aliphatic rings. The Balaban J connectivity index is 0. The van der Waals surface area contributed by atoms with Crippen molar-refractivity contribution in [1.82, 2.24) is 19.6 Å². The van der Waals surface area contributed by atoms with E-state index < -0.39 is 34.5 Å². The summed E-state index contributed by atoms with van der Waals surface area (Å²) < 4.78 is 26.5. The second-order valence-corrected chi connectivity index (χ2v) is 5.51. The molecule has 0 saturated heterocycles. The summed E-state index contributed by atoms with van der Waals surface area (Å²) in [5.74, 6) is -2.47. The van der Waals surface area contributed by atoms with E-state index in [9.17, 15) is 18.4 Å². The van der Waals surface area contributed by atoms with Gasteiger partial charge in [-0.25, -0.2) is 18.4 Å². The molecule has 0 radical (unpaired) electrons. The van der Waals surface area contributed by atoms with Crippen LogP contribution in [0.15, 0.2) is 12.4 Å². The number of alkyl halides is 5. The van der Waals surface area contributed by atoms with E-state index in [2.05, 4.69) is 32.8 Å². The van der Waals surface area contributed by atoms with Gasteiger partial charge in [0.1, 0.15) is 22.5 Å². The lowest BCUT2D eigenvalue weighted by atomic mass is 10.2. The molecule has 2 aromatic heterocycles. The zero-order valence-corrected chi connectivity index (χ0v) is 17.4. The first-order valence-electron chi connectivity index (χ1n) is 6.52. The summed E-state index contributed by atoms with van der Waals surface area (Å²) in [6.07, 6.45) is -0.448. The largest absolute Gasteiger partial charge is 0.478 e. The van der Waals surface area contributed by atoms with Crippen LogP contribution in [-0.2, 0) is 14.1 Å². The molecule has 0 aromatic carbocycles. The Bertz CT molecular complexity index is 691. The number of aromatic nitrogens is 4. The van der Waals surface area contributed by atoms with Crippen LogP contribution in [0.5, 0.6) is 0 Å². The lowest BCUT2D eigenvalue weighted by Gasteiger charge is -1.95. The molecule has 0 fully saturated rings. The normalized spacial score (nSPS) is 9.70. The zero-order chi connectivity index (χ0) is 20.6. The Hall–Kier alpha value is -1.47. The third-order valence-corrected chi connectivity index (χ3v) is 3.00. The average Bonchev–Trinajstić information content (AvgIpc) is 3.13. The molecule has 13 heteroatoms. The maximum atomic E-state index is 12.1. The van der Waals surface area contributed by atoms with Gasteiger partial charge >= 0.3 is 11.9 Å². The smallest absolute Gasteiger partial charge is 0.339 e. The Morgan fingerprint density at radius 2 is 1.33 bits per heavy atom. The molecule has 0 spiro atoms. The fourth-order valence-electron chi connectivity index (χ4n) is 1.66. The topological polar surface area (TPSA) is 110 Å². The monoisotopic (exact) mass is 542 g/mol. The molecule has 0 atom stereocenters. The molecule has 154 valence electrons. The van der Waals surface area contributed by atoms with Gasteiger partial charge in [0.15, 0.2) is 4.84 Å². The first kappa shape index (κ1) is 27.7. The van der Waals surface area contributed by atoms with E-state index in [4.69, 9.17) is 33.4 Å². The van der Waals surface area contributed by atoms with E-state index >= 15 is 0 Å². The first-order valence-corrected chi connectivity index (χ1v) is 9.55. The van der Waals surface area contributed by atoms with Gasteiger partial charge in [0, 0.05) is 26.5 Å². The molecule has 0 amide bonds. The summed E-state index contributed by atoms with van der Waals surface area (Å²) >= 11 is 13.1. The number of nitrogens with zero attached hydrogens (tertiary/aromatic N) is 4. The highest BCUT2D eigenvalue weighted by atomic mass is 127. The highest BCUT2D eigenvalue weighted by molar-refractivity contribution is 14.1. The molecule has 0 unspecified atom stereocenters. The minimum atomic E-state index is -2.85. The Labute approximate surface area is 178 Å². The summed E-state index contributed by atoms with van der Waals surface area (Å²) in [6.45, 7) is 0. The van der Waals surface area contributed by atoms with Gasteiger partial charge in [-0.15, -0.1) is 0 Å². The SMILES string of the molecule is C.CI.Cn1cc(C(=O)O)c(C(Cl)Cl)n1.Cn1cc(C(=O)O)c(C(F)F)n1. The predicted molar refractivity (Wildman–Crippen MR) is 106 cm³/mol. The highest BCUT2D eigenvalue weighted by Gasteiger charge is 2.21. The molecule has 2 rings (SSSR count). The van der Waals surface area contributed by atoms with Crippen LogP contribution in [0, 0.1) is 0 Å². The van der Waals surface area contributed by atoms with E-state index in [0.717, 1.165) is 10.9 Å². The summed E-state index contributed by atoms with van der Waals surface area (Å²) in [5.41, 5.74) is -0.932. The molecule has 0 saturated carbocycles. The van der Waals surface area contributed by atoms with E-state index in [1.54, 1.807) is 7.05 Å². The van der Waals surface area contributed by atoms with Crippen LogP contribution in [0.3, 0.4) is 0 Å².